The molecule has 6 heteroatoms. The summed E-state index contributed by atoms with van der Waals surface area (Å²) >= 11 is 0. The smallest absolute Gasteiger partial charge is 0.231 e. The van der Waals surface area contributed by atoms with Crippen molar-refractivity contribution in [2.75, 3.05) is 27.2 Å². The molecule has 0 radical (unpaired) electrons. The molecule has 0 fully saturated rings. The molecule has 1 aromatic rings. The summed E-state index contributed by atoms with van der Waals surface area (Å²) < 4.78 is 5.35. The van der Waals surface area contributed by atoms with Crippen molar-refractivity contribution in [1.82, 2.24) is 15.2 Å². The van der Waals surface area contributed by atoms with E-state index in [4.69, 9.17) is 4.42 Å². The lowest BCUT2D eigenvalue weighted by Crippen LogP contribution is -2.33. The van der Waals surface area contributed by atoms with Crippen molar-refractivity contribution in [2.45, 2.75) is 20.3 Å². The van der Waals surface area contributed by atoms with Gasteiger partial charge in [-0.15, -0.1) is 0 Å². The van der Waals surface area contributed by atoms with Gasteiger partial charge in [0, 0.05) is 25.1 Å². The van der Waals surface area contributed by atoms with E-state index in [9.17, 15) is 9.59 Å². The molecule has 0 atom stereocenters. The summed E-state index contributed by atoms with van der Waals surface area (Å²) in [6.45, 7) is 4.86. The topological polar surface area (TPSA) is 75.4 Å². The van der Waals surface area contributed by atoms with Gasteiger partial charge in [-0.3, -0.25) is 9.59 Å². The fraction of sp³-hybridized carbons (Fsp3) is 0.500. The molecule has 0 spiro atoms. The number of fused-ring (bicyclic) bond motifs is 1. The van der Waals surface area contributed by atoms with Crippen LogP contribution in [0.4, 0.5) is 0 Å². The van der Waals surface area contributed by atoms with Crippen LogP contribution in [0.2, 0.25) is 0 Å². The highest BCUT2D eigenvalue weighted by molar-refractivity contribution is 6.24. The SMILES string of the molecule is CCc1nc2c(o1)C(=O)C(C)=C(NCCN(C)C)C2=O. The summed E-state index contributed by atoms with van der Waals surface area (Å²) in [5.74, 6) is -0.0417. The number of carbonyl (C=O) groups excluding carboxylic acids is 2. The number of rotatable bonds is 5. The van der Waals surface area contributed by atoms with E-state index < -0.39 is 0 Å². The van der Waals surface area contributed by atoms with Gasteiger partial charge in [-0.1, -0.05) is 6.92 Å². The minimum Gasteiger partial charge on any atom is -0.436 e. The number of ketones is 2. The van der Waals surface area contributed by atoms with Crippen molar-refractivity contribution in [3.8, 4) is 0 Å². The first-order valence-corrected chi connectivity index (χ1v) is 6.64. The Labute approximate surface area is 117 Å². The molecular formula is C14H19N3O3. The Kier molecular flexibility index (Phi) is 4.04. The lowest BCUT2D eigenvalue weighted by Gasteiger charge is -2.17. The Morgan fingerprint density at radius 2 is 1.95 bits per heavy atom. The van der Waals surface area contributed by atoms with Crippen LogP contribution >= 0.6 is 0 Å². The van der Waals surface area contributed by atoms with Crippen LogP contribution in [0.1, 0.15) is 40.8 Å². The van der Waals surface area contributed by atoms with Gasteiger partial charge in [0.15, 0.2) is 11.6 Å². The molecule has 108 valence electrons. The molecule has 1 aromatic heterocycles. The standard InChI is InChI=1S/C14H19N3O3/c1-5-9-16-11-13(19)10(15-6-7-17(3)4)8(2)12(18)14(11)20-9/h15H,5-7H2,1-4H3. The molecule has 2 rings (SSSR count). The van der Waals surface area contributed by atoms with Gasteiger partial charge in [-0.2, -0.15) is 0 Å². The summed E-state index contributed by atoms with van der Waals surface area (Å²) in [7, 11) is 3.89. The maximum Gasteiger partial charge on any atom is 0.231 e. The number of aromatic nitrogens is 1. The second-order valence-corrected chi connectivity index (χ2v) is 5.03. The van der Waals surface area contributed by atoms with E-state index in [0.29, 0.717) is 30.1 Å². The molecular weight excluding hydrogens is 258 g/mol. The van der Waals surface area contributed by atoms with Crippen LogP contribution in [-0.4, -0.2) is 48.6 Å². The number of aryl methyl sites for hydroxylation is 1. The highest BCUT2D eigenvalue weighted by Crippen LogP contribution is 2.25. The zero-order valence-electron chi connectivity index (χ0n) is 12.2. The zero-order chi connectivity index (χ0) is 14.9. The average Bonchev–Trinajstić information content (AvgIpc) is 2.84. The summed E-state index contributed by atoms with van der Waals surface area (Å²) in [5, 5.41) is 3.04. The molecule has 6 nitrogen and oxygen atoms in total. The van der Waals surface area contributed by atoms with Gasteiger partial charge >= 0.3 is 0 Å². The van der Waals surface area contributed by atoms with Crippen LogP contribution in [0.25, 0.3) is 0 Å². The summed E-state index contributed by atoms with van der Waals surface area (Å²) in [5.41, 5.74) is 0.852. The van der Waals surface area contributed by atoms with Crippen molar-refractivity contribution < 1.29 is 14.0 Å². The number of nitrogens with zero attached hydrogens (tertiary/aromatic N) is 2. The fourth-order valence-corrected chi connectivity index (χ4v) is 2.01. The van der Waals surface area contributed by atoms with Crippen LogP contribution in [-0.2, 0) is 6.42 Å². The normalized spacial score (nSPS) is 15.1. The van der Waals surface area contributed by atoms with E-state index in [0.717, 1.165) is 6.54 Å². The van der Waals surface area contributed by atoms with Gasteiger partial charge in [0.1, 0.15) is 0 Å². The predicted molar refractivity (Wildman–Crippen MR) is 73.8 cm³/mol. The van der Waals surface area contributed by atoms with Gasteiger partial charge in [0.2, 0.25) is 17.3 Å². The fourth-order valence-electron chi connectivity index (χ4n) is 2.01. The molecule has 0 aliphatic heterocycles. The Morgan fingerprint density at radius 3 is 2.55 bits per heavy atom. The zero-order valence-corrected chi connectivity index (χ0v) is 12.2. The van der Waals surface area contributed by atoms with Crippen molar-refractivity contribution in [3.63, 3.8) is 0 Å². The predicted octanol–water partition coefficient (Wildman–Crippen LogP) is 1.04. The molecule has 1 N–H and O–H groups in total. The molecule has 1 aliphatic rings. The Hall–Kier alpha value is -1.95. The number of oxazole rings is 1. The summed E-state index contributed by atoms with van der Waals surface area (Å²) in [6, 6.07) is 0. The van der Waals surface area contributed by atoms with Gasteiger partial charge < -0.3 is 14.6 Å². The quantitative estimate of drug-likeness (QED) is 0.866. The lowest BCUT2D eigenvalue weighted by atomic mass is 9.96. The first-order valence-electron chi connectivity index (χ1n) is 6.64. The van der Waals surface area contributed by atoms with E-state index in [-0.39, 0.29) is 23.0 Å². The number of hydrogen-bond acceptors (Lipinski definition) is 6. The number of Topliss-reactive ketones (excluding diaryl/α,β-unsaturated/α-hetero) is 2. The third kappa shape index (κ3) is 2.51. The molecule has 0 bridgehead atoms. The Morgan fingerprint density at radius 1 is 1.25 bits per heavy atom. The number of nitrogens with one attached hydrogen (secondary N) is 1. The molecule has 1 aliphatic carbocycles. The second-order valence-electron chi connectivity index (χ2n) is 5.03. The maximum atomic E-state index is 12.4. The van der Waals surface area contributed by atoms with E-state index in [2.05, 4.69) is 10.3 Å². The largest absolute Gasteiger partial charge is 0.436 e. The maximum absolute atomic E-state index is 12.4. The van der Waals surface area contributed by atoms with Crippen LogP contribution in [0.5, 0.6) is 0 Å². The van der Waals surface area contributed by atoms with Crippen molar-refractivity contribution in [1.29, 1.82) is 0 Å². The Balaban J connectivity index is 2.27. The monoisotopic (exact) mass is 277 g/mol. The first kappa shape index (κ1) is 14.5. The van der Waals surface area contributed by atoms with E-state index in [1.807, 2.05) is 25.9 Å². The number of hydrogen-bond donors (Lipinski definition) is 1. The van der Waals surface area contributed by atoms with Gasteiger partial charge in [-0.05, 0) is 21.0 Å². The van der Waals surface area contributed by atoms with Crippen LogP contribution < -0.4 is 5.32 Å². The number of allylic oxidation sites excluding steroid dienone is 2. The summed E-state index contributed by atoms with van der Waals surface area (Å²) in [4.78, 5) is 30.7. The van der Waals surface area contributed by atoms with Crippen LogP contribution in [0, 0.1) is 0 Å². The van der Waals surface area contributed by atoms with Crippen LogP contribution in [0.15, 0.2) is 15.7 Å². The highest BCUT2D eigenvalue weighted by atomic mass is 16.4. The third-order valence-electron chi connectivity index (χ3n) is 3.20. The molecule has 20 heavy (non-hydrogen) atoms. The molecule has 0 saturated heterocycles. The van der Waals surface area contributed by atoms with E-state index >= 15 is 0 Å². The summed E-state index contributed by atoms with van der Waals surface area (Å²) in [6.07, 6.45) is 0.552. The molecule has 0 aromatic carbocycles. The molecule has 0 unspecified atom stereocenters. The van der Waals surface area contributed by atoms with Crippen molar-refractivity contribution in [3.05, 3.63) is 28.6 Å². The third-order valence-corrected chi connectivity index (χ3v) is 3.20. The van der Waals surface area contributed by atoms with Crippen molar-refractivity contribution >= 4 is 11.6 Å². The molecule has 0 saturated carbocycles. The van der Waals surface area contributed by atoms with E-state index in [1.54, 1.807) is 6.92 Å². The van der Waals surface area contributed by atoms with Gasteiger partial charge in [0.05, 0.1) is 5.70 Å². The van der Waals surface area contributed by atoms with Crippen LogP contribution in [0.3, 0.4) is 0 Å². The lowest BCUT2D eigenvalue weighted by molar-refractivity contribution is 0.0948. The van der Waals surface area contributed by atoms with Gasteiger partial charge in [0.25, 0.3) is 0 Å². The minimum absolute atomic E-state index is 0.0718. The average molecular weight is 277 g/mol. The Bertz CT molecular complexity index is 584. The number of carbonyl (C=O) groups is 2. The first-order chi connectivity index (χ1) is 9.45. The number of likely N-dealkylation sites (N-methyl/N-ethyl adjacent to an activating group) is 1. The van der Waals surface area contributed by atoms with Gasteiger partial charge in [-0.25, -0.2) is 4.98 Å². The molecule has 1 heterocycles. The minimum atomic E-state index is -0.265. The molecule has 0 amide bonds. The second kappa shape index (κ2) is 5.58. The van der Waals surface area contributed by atoms with E-state index in [1.165, 1.54) is 0 Å². The highest BCUT2D eigenvalue weighted by Gasteiger charge is 2.35. The van der Waals surface area contributed by atoms with Crippen molar-refractivity contribution in [2.24, 2.45) is 0 Å².